The van der Waals surface area contributed by atoms with Crippen molar-refractivity contribution in [2.24, 2.45) is 0 Å². The molecular formula is C19H25ClN2O. The molecule has 1 unspecified atom stereocenters. The normalized spacial score (nSPS) is 12.6. The Hall–Kier alpha value is -1.42. The molecule has 0 saturated heterocycles. The van der Waals surface area contributed by atoms with Crippen LogP contribution in [0.15, 0.2) is 42.7 Å². The zero-order valence-corrected chi connectivity index (χ0v) is 14.6. The summed E-state index contributed by atoms with van der Waals surface area (Å²) >= 11 is 6.19. The number of halogens is 1. The summed E-state index contributed by atoms with van der Waals surface area (Å²) in [6, 6.07) is 10.0. The first-order valence-corrected chi connectivity index (χ1v) is 8.53. The van der Waals surface area contributed by atoms with Crippen molar-refractivity contribution in [2.45, 2.75) is 32.8 Å². The Morgan fingerprint density at radius 1 is 1.26 bits per heavy atom. The number of hydrogen-bond acceptors (Lipinski definition) is 3. The van der Waals surface area contributed by atoms with E-state index in [0.717, 1.165) is 42.1 Å². The lowest BCUT2D eigenvalue weighted by molar-refractivity contribution is 0.113. The van der Waals surface area contributed by atoms with Gasteiger partial charge in [0.15, 0.2) is 0 Å². The molecule has 1 aromatic heterocycles. The second-order valence-electron chi connectivity index (χ2n) is 5.94. The molecule has 0 radical (unpaired) electrons. The van der Waals surface area contributed by atoms with E-state index in [0.29, 0.717) is 6.54 Å². The summed E-state index contributed by atoms with van der Waals surface area (Å²) in [7, 11) is 0. The highest BCUT2D eigenvalue weighted by atomic mass is 35.5. The second-order valence-corrected chi connectivity index (χ2v) is 6.34. The van der Waals surface area contributed by atoms with Crippen LogP contribution in [0.1, 0.15) is 36.1 Å². The molecule has 0 spiro atoms. The minimum absolute atomic E-state index is 0.503. The predicted molar refractivity (Wildman–Crippen MR) is 95.8 cm³/mol. The molecule has 2 rings (SSSR count). The Morgan fingerprint density at radius 2 is 2.09 bits per heavy atom. The number of rotatable bonds is 8. The Kier molecular flexibility index (Phi) is 7.03. The fourth-order valence-electron chi connectivity index (χ4n) is 2.61. The molecule has 0 bridgehead atoms. The third kappa shape index (κ3) is 5.61. The van der Waals surface area contributed by atoms with Crippen molar-refractivity contribution in [3.8, 4) is 0 Å². The second kappa shape index (κ2) is 9.02. The third-order valence-electron chi connectivity index (χ3n) is 3.99. The van der Waals surface area contributed by atoms with E-state index in [2.05, 4.69) is 28.9 Å². The minimum atomic E-state index is -0.503. The lowest BCUT2D eigenvalue weighted by Crippen LogP contribution is -2.31. The molecule has 1 atom stereocenters. The van der Waals surface area contributed by atoms with E-state index in [-0.39, 0.29) is 0 Å². The van der Waals surface area contributed by atoms with Crippen LogP contribution in [0.2, 0.25) is 5.02 Å². The number of nitrogens with zero attached hydrogens (tertiary/aromatic N) is 2. The number of aliphatic hydroxyl groups is 1. The van der Waals surface area contributed by atoms with Gasteiger partial charge in [0, 0.05) is 36.1 Å². The topological polar surface area (TPSA) is 36.4 Å². The van der Waals surface area contributed by atoms with E-state index in [1.165, 1.54) is 5.56 Å². The van der Waals surface area contributed by atoms with Crippen LogP contribution in [0.3, 0.4) is 0 Å². The molecule has 1 aromatic carbocycles. The largest absolute Gasteiger partial charge is 0.387 e. The molecule has 0 aliphatic rings. The van der Waals surface area contributed by atoms with E-state index in [4.69, 9.17) is 11.6 Å². The van der Waals surface area contributed by atoms with Crippen LogP contribution in [0.25, 0.3) is 0 Å². The van der Waals surface area contributed by atoms with Gasteiger partial charge in [-0.3, -0.25) is 4.98 Å². The summed E-state index contributed by atoms with van der Waals surface area (Å²) in [6.07, 6.45) is 4.95. The molecular weight excluding hydrogens is 308 g/mol. The zero-order chi connectivity index (χ0) is 16.7. The number of aliphatic hydroxyl groups excluding tert-OH is 1. The standard InChI is InChI=1S/C19H25ClN2O/c1-3-10-22(14-19(23)17-5-4-9-21-13-17)11-8-16-7-6-15(2)18(20)12-16/h4-7,9,12-13,19,23H,3,8,10-11,14H2,1-2H3. The molecule has 1 N–H and O–H groups in total. The van der Waals surface area contributed by atoms with Gasteiger partial charge in [0.05, 0.1) is 6.10 Å². The monoisotopic (exact) mass is 332 g/mol. The fraction of sp³-hybridized carbons (Fsp3) is 0.421. The SMILES string of the molecule is CCCN(CCc1ccc(C)c(Cl)c1)CC(O)c1cccnc1. The first kappa shape index (κ1) is 17.9. The summed E-state index contributed by atoms with van der Waals surface area (Å²) in [4.78, 5) is 6.37. The number of aromatic nitrogens is 1. The molecule has 3 nitrogen and oxygen atoms in total. The fourth-order valence-corrected chi connectivity index (χ4v) is 2.82. The molecule has 124 valence electrons. The van der Waals surface area contributed by atoms with Crippen LogP contribution >= 0.6 is 11.6 Å². The van der Waals surface area contributed by atoms with Crippen molar-refractivity contribution in [1.29, 1.82) is 0 Å². The molecule has 23 heavy (non-hydrogen) atoms. The summed E-state index contributed by atoms with van der Waals surface area (Å²) in [5.74, 6) is 0. The van der Waals surface area contributed by atoms with Gasteiger partial charge in [-0.15, -0.1) is 0 Å². The molecule has 0 aliphatic heterocycles. The van der Waals surface area contributed by atoms with E-state index in [1.807, 2.05) is 25.1 Å². The van der Waals surface area contributed by atoms with Gasteiger partial charge < -0.3 is 10.0 Å². The average molecular weight is 333 g/mol. The molecule has 0 fully saturated rings. The summed E-state index contributed by atoms with van der Waals surface area (Å²) in [5.41, 5.74) is 3.21. The smallest absolute Gasteiger partial charge is 0.0931 e. The van der Waals surface area contributed by atoms with E-state index < -0.39 is 6.10 Å². The van der Waals surface area contributed by atoms with Crippen molar-refractivity contribution in [3.05, 3.63) is 64.4 Å². The molecule has 1 heterocycles. The number of pyridine rings is 1. The van der Waals surface area contributed by atoms with E-state index in [1.54, 1.807) is 12.4 Å². The van der Waals surface area contributed by atoms with Crippen LogP contribution < -0.4 is 0 Å². The number of benzene rings is 1. The minimum Gasteiger partial charge on any atom is -0.387 e. The Labute approximate surface area is 143 Å². The van der Waals surface area contributed by atoms with Gasteiger partial charge in [0.1, 0.15) is 0 Å². The van der Waals surface area contributed by atoms with Gasteiger partial charge in [-0.25, -0.2) is 0 Å². The molecule has 0 saturated carbocycles. The van der Waals surface area contributed by atoms with Gasteiger partial charge in [0.2, 0.25) is 0 Å². The summed E-state index contributed by atoms with van der Waals surface area (Å²) in [5, 5.41) is 11.2. The Bertz CT molecular complexity index is 604. The van der Waals surface area contributed by atoms with Crippen LogP contribution in [-0.4, -0.2) is 34.6 Å². The number of aryl methyl sites for hydroxylation is 1. The van der Waals surface area contributed by atoms with Gasteiger partial charge in [-0.05, 0) is 49.6 Å². The Balaban J connectivity index is 1.94. The van der Waals surface area contributed by atoms with Gasteiger partial charge in [-0.1, -0.05) is 36.7 Å². The third-order valence-corrected chi connectivity index (χ3v) is 4.40. The maximum Gasteiger partial charge on any atom is 0.0931 e. The molecule has 2 aromatic rings. The van der Waals surface area contributed by atoms with Crippen molar-refractivity contribution in [3.63, 3.8) is 0 Å². The highest BCUT2D eigenvalue weighted by Gasteiger charge is 2.13. The highest BCUT2D eigenvalue weighted by Crippen LogP contribution is 2.18. The first-order valence-electron chi connectivity index (χ1n) is 8.15. The lowest BCUT2D eigenvalue weighted by atomic mass is 10.1. The number of hydrogen-bond donors (Lipinski definition) is 1. The zero-order valence-electron chi connectivity index (χ0n) is 13.9. The van der Waals surface area contributed by atoms with E-state index in [9.17, 15) is 5.11 Å². The lowest BCUT2D eigenvalue weighted by Gasteiger charge is -2.24. The van der Waals surface area contributed by atoms with Crippen molar-refractivity contribution in [2.75, 3.05) is 19.6 Å². The first-order chi connectivity index (χ1) is 11.1. The molecule has 4 heteroatoms. The van der Waals surface area contributed by atoms with Crippen LogP contribution in [0.5, 0.6) is 0 Å². The molecule has 0 aliphatic carbocycles. The van der Waals surface area contributed by atoms with Crippen molar-refractivity contribution in [1.82, 2.24) is 9.88 Å². The summed E-state index contributed by atoms with van der Waals surface area (Å²) < 4.78 is 0. The van der Waals surface area contributed by atoms with Gasteiger partial charge >= 0.3 is 0 Å². The van der Waals surface area contributed by atoms with Crippen LogP contribution in [0.4, 0.5) is 0 Å². The van der Waals surface area contributed by atoms with Crippen molar-refractivity contribution < 1.29 is 5.11 Å². The highest BCUT2D eigenvalue weighted by molar-refractivity contribution is 6.31. The van der Waals surface area contributed by atoms with Gasteiger partial charge in [-0.2, -0.15) is 0 Å². The maximum atomic E-state index is 10.4. The average Bonchev–Trinajstić information content (AvgIpc) is 2.56. The maximum absolute atomic E-state index is 10.4. The quantitative estimate of drug-likeness (QED) is 0.792. The van der Waals surface area contributed by atoms with Gasteiger partial charge in [0.25, 0.3) is 0 Å². The van der Waals surface area contributed by atoms with E-state index >= 15 is 0 Å². The Morgan fingerprint density at radius 3 is 2.74 bits per heavy atom. The summed E-state index contributed by atoms with van der Waals surface area (Å²) in [6.45, 7) is 6.67. The van der Waals surface area contributed by atoms with Crippen LogP contribution in [0, 0.1) is 6.92 Å². The predicted octanol–water partition coefficient (Wildman–Crippen LogP) is 4.03. The molecule has 0 amide bonds. The van der Waals surface area contributed by atoms with Crippen molar-refractivity contribution >= 4 is 11.6 Å². The van der Waals surface area contributed by atoms with Crippen LogP contribution in [-0.2, 0) is 6.42 Å².